The van der Waals surface area contributed by atoms with Crippen LogP contribution in [0.1, 0.15) is 16.2 Å². The van der Waals surface area contributed by atoms with Gasteiger partial charge in [0.1, 0.15) is 5.52 Å². The Bertz CT molecular complexity index is 1040. The second kappa shape index (κ2) is 6.30. The lowest BCUT2D eigenvalue weighted by Crippen LogP contribution is -2.22. The van der Waals surface area contributed by atoms with Gasteiger partial charge in [-0.25, -0.2) is 17.7 Å². The predicted octanol–water partition coefficient (Wildman–Crippen LogP) is 2.64. The molecule has 7 nitrogen and oxygen atoms in total. The van der Waals surface area contributed by atoms with Crippen LogP contribution in [0.4, 0.5) is 5.69 Å². The monoisotopic (exact) mass is 359 g/mol. The number of benzene rings is 2. The topological polar surface area (TPSA) is 92.5 Å². The third kappa shape index (κ3) is 3.26. The molecule has 0 aliphatic carbocycles. The molecule has 1 N–H and O–H groups in total. The van der Waals surface area contributed by atoms with Crippen molar-refractivity contribution in [3.8, 4) is 0 Å². The fraction of sp³-hybridized carbons (Fsp3) is 0.176. The minimum Gasteiger partial charge on any atom is -0.441 e. The standard InChI is InChI=1S/C17H17N3O4S/c1-11-18-16-14(5-4-6-15(16)24-11)19-17(21)12-7-9-13(10-8-12)25(22,23)20(2)3/h4-10H,1-3H3,(H,19,21). The molecule has 0 unspecified atom stereocenters. The van der Waals surface area contributed by atoms with Crippen molar-refractivity contribution in [3.63, 3.8) is 0 Å². The molecule has 0 spiro atoms. The maximum Gasteiger partial charge on any atom is 0.255 e. The number of nitrogens with one attached hydrogen (secondary N) is 1. The van der Waals surface area contributed by atoms with Crippen LogP contribution in [0.3, 0.4) is 0 Å². The van der Waals surface area contributed by atoms with E-state index >= 15 is 0 Å². The second-order valence-corrected chi connectivity index (χ2v) is 7.80. The molecule has 0 aliphatic heterocycles. The summed E-state index contributed by atoms with van der Waals surface area (Å²) in [7, 11) is -0.615. The first-order chi connectivity index (χ1) is 11.8. The summed E-state index contributed by atoms with van der Waals surface area (Å²) in [6.07, 6.45) is 0. The summed E-state index contributed by atoms with van der Waals surface area (Å²) < 4.78 is 30.7. The highest BCUT2D eigenvalue weighted by atomic mass is 32.2. The molecule has 0 fully saturated rings. The molecule has 0 saturated heterocycles. The van der Waals surface area contributed by atoms with Crippen LogP contribution in [-0.4, -0.2) is 37.7 Å². The summed E-state index contributed by atoms with van der Waals surface area (Å²) >= 11 is 0. The fourth-order valence-corrected chi connectivity index (χ4v) is 3.25. The predicted molar refractivity (Wildman–Crippen MR) is 94.0 cm³/mol. The lowest BCUT2D eigenvalue weighted by atomic mass is 10.2. The number of oxazole rings is 1. The molecule has 2 aromatic carbocycles. The number of rotatable bonds is 4. The van der Waals surface area contributed by atoms with E-state index in [-0.39, 0.29) is 10.8 Å². The van der Waals surface area contributed by atoms with Gasteiger partial charge in [-0.2, -0.15) is 0 Å². The van der Waals surface area contributed by atoms with Gasteiger partial charge in [0.25, 0.3) is 5.91 Å². The maximum atomic E-state index is 12.4. The Hall–Kier alpha value is -2.71. The van der Waals surface area contributed by atoms with Crippen molar-refractivity contribution in [2.24, 2.45) is 0 Å². The quantitative estimate of drug-likeness (QED) is 0.773. The second-order valence-electron chi connectivity index (χ2n) is 5.65. The van der Waals surface area contributed by atoms with Gasteiger partial charge in [0, 0.05) is 26.6 Å². The van der Waals surface area contributed by atoms with E-state index in [4.69, 9.17) is 4.42 Å². The zero-order valence-corrected chi connectivity index (χ0v) is 14.8. The van der Waals surface area contributed by atoms with E-state index in [0.717, 1.165) is 4.31 Å². The van der Waals surface area contributed by atoms with Crippen LogP contribution in [0.25, 0.3) is 11.1 Å². The number of nitrogens with zero attached hydrogens (tertiary/aromatic N) is 2. The number of sulfonamides is 1. The highest BCUT2D eigenvalue weighted by Crippen LogP contribution is 2.24. The zero-order valence-electron chi connectivity index (χ0n) is 14.0. The van der Waals surface area contributed by atoms with Gasteiger partial charge in [-0.1, -0.05) is 6.07 Å². The van der Waals surface area contributed by atoms with E-state index in [2.05, 4.69) is 10.3 Å². The van der Waals surface area contributed by atoms with Crippen LogP contribution >= 0.6 is 0 Å². The van der Waals surface area contributed by atoms with E-state index in [1.165, 1.54) is 38.4 Å². The molecule has 8 heteroatoms. The average molecular weight is 359 g/mol. The molecule has 0 saturated carbocycles. The summed E-state index contributed by atoms with van der Waals surface area (Å²) in [6.45, 7) is 1.73. The number of para-hydroxylation sites is 1. The van der Waals surface area contributed by atoms with Crippen molar-refractivity contribution in [2.45, 2.75) is 11.8 Å². The van der Waals surface area contributed by atoms with E-state index in [9.17, 15) is 13.2 Å². The number of hydrogen-bond donors (Lipinski definition) is 1. The molecular weight excluding hydrogens is 342 g/mol. The van der Waals surface area contributed by atoms with Crippen LogP contribution in [-0.2, 0) is 10.0 Å². The van der Waals surface area contributed by atoms with Crippen LogP contribution in [0.15, 0.2) is 51.8 Å². The summed E-state index contributed by atoms with van der Waals surface area (Å²) in [6, 6.07) is 11.0. The minimum absolute atomic E-state index is 0.128. The van der Waals surface area contributed by atoms with Crippen molar-refractivity contribution in [3.05, 3.63) is 53.9 Å². The molecule has 3 rings (SSSR count). The largest absolute Gasteiger partial charge is 0.441 e. The smallest absolute Gasteiger partial charge is 0.255 e. The van der Waals surface area contributed by atoms with Crippen molar-refractivity contribution in [2.75, 3.05) is 19.4 Å². The third-order valence-electron chi connectivity index (χ3n) is 3.67. The minimum atomic E-state index is -3.53. The highest BCUT2D eigenvalue weighted by molar-refractivity contribution is 7.89. The maximum absolute atomic E-state index is 12.4. The summed E-state index contributed by atoms with van der Waals surface area (Å²) in [4.78, 5) is 16.8. The SMILES string of the molecule is Cc1nc2c(NC(=O)c3ccc(S(=O)(=O)N(C)C)cc3)cccc2o1. The van der Waals surface area contributed by atoms with Gasteiger partial charge in [-0.05, 0) is 36.4 Å². The molecule has 0 bridgehead atoms. The van der Waals surface area contributed by atoms with Crippen molar-refractivity contribution in [1.29, 1.82) is 0 Å². The van der Waals surface area contributed by atoms with Gasteiger partial charge in [0.2, 0.25) is 10.0 Å². The molecule has 130 valence electrons. The van der Waals surface area contributed by atoms with E-state index < -0.39 is 10.0 Å². The number of fused-ring (bicyclic) bond motifs is 1. The molecule has 1 aromatic heterocycles. The van der Waals surface area contributed by atoms with Crippen molar-refractivity contribution in [1.82, 2.24) is 9.29 Å². The first-order valence-corrected chi connectivity index (χ1v) is 8.93. The Morgan fingerprint density at radius 1 is 1.12 bits per heavy atom. The molecule has 0 radical (unpaired) electrons. The van der Waals surface area contributed by atoms with Gasteiger partial charge in [-0.3, -0.25) is 4.79 Å². The molecule has 0 atom stereocenters. The number of carbonyl (C=O) groups is 1. The average Bonchev–Trinajstić information content (AvgIpc) is 2.96. The van der Waals surface area contributed by atoms with Crippen LogP contribution in [0, 0.1) is 6.92 Å². The van der Waals surface area contributed by atoms with E-state index in [0.29, 0.717) is 28.2 Å². The number of anilines is 1. The molecule has 0 aliphatic rings. The summed E-state index contributed by atoms with van der Waals surface area (Å²) in [5, 5.41) is 2.77. The first-order valence-electron chi connectivity index (χ1n) is 7.49. The molecule has 3 aromatic rings. The number of aromatic nitrogens is 1. The number of aryl methyl sites for hydroxylation is 1. The molecule has 1 amide bonds. The fourth-order valence-electron chi connectivity index (χ4n) is 2.34. The lowest BCUT2D eigenvalue weighted by molar-refractivity contribution is 0.102. The van der Waals surface area contributed by atoms with Crippen LogP contribution in [0.2, 0.25) is 0 Å². The third-order valence-corrected chi connectivity index (χ3v) is 5.50. The van der Waals surface area contributed by atoms with E-state index in [1.807, 2.05) is 0 Å². The van der Waals surface area contributed by atoms with Gasteiger partial charge < -0.3 is 9.73 Å². The Balaban J connectivity index is 1.86. The Morgan fingerprint density at radius 3 is 2.44 bits per heavy atom. The normalized spacial score (nSPS) is 11.8. The van der Waals surface area contributed by atoms with Gasteiger partial charge in [-0.15, -0.1) is 0 Å². The van der Waals surface area contributed by atoms with Crippen molar-refractivity contribution >= 4 is 32.7 Å². The van der Waals surface area contributed by atoms with Crippen LogP contribution < -0.4 is 5.32 Å². The summed E-state index contributed by atoms with van der Waals surface area (Å²) in [5.74, 6) is 0.150. The number of amides is 1. The number of hydrogen-bond acceptors (Lipinski definition) is 5. The number of carbonyl (C=O) groups excluding carboxylic acids is 1. The summed E-state index contributed by atoms with van der Waals surface area (Å²) in [5.41, 5.74) is 2.03. The lowest BCUT2D eigenvalue weighted by Gasteiger charge is -2.11. The van der Waals surface area contributed by atoms with Gasteiger partial charge >= 0.3 is 0 Å². The molecule has 1 heterocycles. The van der Waals surface area contributed by atoms with Gasteiger partial charge in [0.05, 0.1) is 10.6 Å². The van der Waals surface area contributed by atoms with Crippen molar-refractivity contribution < 1.29 is 17.6 Å². The molecule has 25 heavy (non-hydrogen) atoms. The Labute approximate surface area is 145 Å². The Morgan fingerprint density at radius 2 is 1.80 bits per heavy atom. The Kier molecular flexibility index (Phi) is 4.32. The van der Waals surface area contributed by atoms with E-state index in [1.54, 1.807) is 25.1 Å². The molecular formula is C17H17N3O4S. The highest BCUT2D eigenvalue weighted by Gasteiger charge is 2.18. The van der Waals surface area contributed by atoms with Crippen LogP contribution in [0.5, 0.6) is 0 Å². The first kappa shape index (κ1) is 17.1. The van der Waals surface area contributed by atoms with Gasteiger partial charge in [0.15, 0.2) is 11.5 Å². The zero-order chi connectivity index (χ0) is 18.2.